The van der Waals surface area contributed by atoms with Gasteiger partial charge in [0.2, 0.25) is 0 Å². The van der Waals surface area contributed by atoms with Crippen molar-refractivity contribution in [1.82, 2.24) is 4.98 Å². The Balaban J connectivity index is 1.59. The topological polar surface area (TPSA) is 31.4 Å². The minimum Gasteiger partial charge on any atom is -0.487 e. The Labute approximate surface area is 143 Å². The molecule has 0 radical (unpaired) electrons. The zero-order valence-corrected chi connectivity index (χ0v) is 14.1. The van der Waals surface area contributed by atoms with Gasteiger partial charge in [-0.15, -0.1) is 0 Å². The molecule has 1 heterocycles. The Hall–Kier alpha value is -2.39. The number of nitrogens with zero attached hydrogens (tertiary/aromatic N) is 1. The van der Waals surface area contributed by atoms with Gasteiger partial charge in [0.05, 0.1) is 11.2 Å². The fourth-order valence-corrected chi connectivity index (χ4v) is 2.71. The molecule has 0 saturated carbocycles. The van der Waals surface area contributed by atoms with E-state index in [0.29, 0.717) is 6.61 Å². The van der Waals surface area contributed by atoms with Gasteiger partial charge in [0.15, 0.2) is 0 Å². The number of aryl methyl sites for hydroxylation is 1. The van der Waals surface area contributed by atoms with Crippen molar-refractivity contribution >= 4 is 10.9 Å². The van der Waals surface area contributed by atoms with Gasteiger partial charge >= 0.3 is 0 Å². The summed E-state index contributed by atoms with van der Waals surface area (Å²) in [5.74, 6) is 0.897. The van der Waals surface area contributed by atoms with Crippen LogP contribution in [0, 0.1) is 0 Å². The molecule has 0 aliphatic rings. The summed E-state index contributed by atoms with van der Waals surface area (Å²) in [6.07, 6.45) is 3.26. The highest BCUT2D eigenvalue weighted by molar-refractivity contribution is 5.78. The van der Waals surface area contributed by atoms with E-state index in [1.807, 2.05) is 30.3 Å². The molecule has 0 bridgehead atoms. The van der Waals surface area contributed by atoms with Crippen molar-refractivity contribution in [2.75, 3.05) is 13.7 Å². The van der Waals surface area contributed by atoms with Gasteiger partial charge < -0.3 is 9.47 Å². The highest BCUT2D eigenvalue weighted by Crippen LogP contribution is 2.18. The maximum Gasteiger partial charge on any atom is 0.130 e. The first-order valence-corrected chi connectivity index (χ1v) is 8.40. The third-order valence-electron chi connectivity index (χ3n) is 4.01. The van der Waals surface area contributed by atoms with Crippen LogP contribution in [0.5, 0.6) is 5.75 Å². The number of rotatable bonds is 8. The second-order valence-corrected chi connectivity index (χ2v) is 5.88. The summed E-state index contributed by atoms with van der Waals surface area (Å²) in [5.41, 5.74) is 3.25. The number of aromatic nitrogens is 1. The predicted octanol–water partition coefficient (Wildman–Crippen LogP) is 4.78. The van der Waals surface area contributed by atoms with E-state index in [1.54, 1.807) is 7.11 Å². The number of unbranched alkanes of at least 4 members (excludes halogenated alkanes) is 1. The zero-order chi connectivity index (χ0) is 16.6. The molecule has 0 fully saturated rings. The number of pyridine rings is 1. The summed E-state index contributed by atoms with van der Waals surface area (Å²) in [4.78, 5) is 4.64. The molecule has 0 aliphatic carbocycles. The predicted molar refractivity (Wildman–Crippen MR) is 97.3 cm³/mol. The van der Waals surface area contributed by atoms with Gasteiger partial charge in [-0.05, 0) is 49.1 Å². The van der Waals surface area contributed by atoms with Crippen molar-refractivity contribution in [1.29, 1.82) is 0 Å². The first kappa shape index (κ1) is 16.5. The Morgan fingerprint density at radius 1 is 0.917 bits per heavy atom. The minimum atomic E-state index is 0.484. The van der Waals surface area contributed by atoms with E-state index in [1.165, 1.54) is 5.56 Å². The van der Waals surface area contributed by atoms with Crippen LogP contribution in [0.25, 0.3) is 10.9 Å². The monoisotopic (exact) mass is 321 g/mol. The molecule has 2 aromatic carbocycles. The molecule has 3 rings (SSSR count). The number of hydrogen-bond donors (Lipinski definition) is 0. The van der Waals surface area contributed by atoms with E-state index in [9.17, 15) is 0 Å². The number of benzene rings is 2. The van der Waals surface area contributed by atoms with Gasteiger partial charge in [-0.25, -0.2) is 4.98 Å². The first-order chi connectivity index (χ1) is 11.8. The van der Waals surface area contributed by atoms with Crippen LogP contribution >= 0.6 is 0 Å². The van der Waals surface area contributed by atoms with Gasteiger partial charge in [-0.2, -0.15) is 0 Å². The van der Waals surface area contributed by atoms with Crippen molar-refractivity contribution in [3.05, 3.63) is 71.9 Å². The van der Waals surface area contributed by atoms with E-state index < -0.39 is 0 Å². The fourth-order valence-electron chi connectivity index (χ4n) is 2.71. The largest absolute Gasteiger partial charge is 0.487 e. The van der Waals surface area contributed by atoms with Crippen molar-refractivity contribution in [2.45, 2.75) is 25.9 Å². The molecule has 1 aromatic heterocycles. The molecule has 0 amide bonds. The number of hydrogen-bond acceptors (Lipinski definition) is 3. The molecule has 0 aliphatic heterocycles. The molecule has 3 nitrogen and oxygen atoms in total. The van der Waals surface area contributed by atoms with Gasteiger partial charge in [0.25, 0.3) is 0 Å². The third kappa shape index (κ3) is 4.56. The molecule has 0 atom stereocenters. The van der Waals surface area contributed by atoms with Gasteiger partial charge in [-0.3, -0.25) is 0 Å². The molecule has 3 aromatic rings. The third-order valence-corrected chi connectivity index (χ3v) is 4.01. The van der Waals surface area contributed by atoms with Crippen LogP contribution in [0.15, 0.2) is 60.7 Å². The Morgan fingerprint density at radius 3 is 2.75 bits per heavy atom. The van der Waals surface area contributed by atoms with E-state index in [0.717, 1.165) is 48.2 Å². The van der Waals surface area contributed by atoms with Crippen LogP contribution < -0.4 is 4.74 Å². The molecule has 0 N–H and O–H groups in total. The number of methoxy groups -OCH3 is 1. The summed E-state index contributed by atoms with van der Waals surface area (Å²) >= 11 is 0. The smallest absolute Gasteiger partial charge is 0.130 e. The van der Waals surface area contributed by atoms with E-state index in [2.05, 4.69) is 35.3 Å². The van der Waals surface area contributed by atoms with E-state index in [4.69, 9.17) is 9.47 Å². The lowest BCUT2D eigenvalue weighted by atomic mass is 10.1. The van der Waals surface area contributed by atoms with Crippen molar-refractivity contribution < 1.29 is 9.47 Å². The molecule has 0 spiro atoms. The van der Waals surface area contributed by atoms with Crippen LogP contribution in [0.2, 0.25) is 0 Å². The summed E-state index contributed by atoms with van der Waals surface area (Å²) < 4.78 is 11.0. The van der Waals surface area contributed by atoms with E-state index >= 15 is 0 Å². The minimum absolute atomic E-state index is 0.484. The fraction of sp³-hybridized carbons (Fsp3) is 0.286. The lowest BCUT2D eigenvalue weighted by Gasteiger charge is -2.08. The van der Waals surface area contributed by atoms with Gasteiger partial charge in [-0.1, -0.05) is 36.4 Å². The standard InChI is InChI=1S/C21H23NO2/c1-23-14-5-4-7-17-8-6-10-20(15-17)24-16-19-13-12-18-9-2-3-11-21(18)22-19/h2-3,6,8-13,15H,4-5,7,14,16H2,1H3. The highest BCUT2D eigenvalue weighted by atomic mass is 16.5. The summed E-state index contributed by atoms with van der Waals surface area (Å²) in [5, 5.41) is 1.15. The molecule has 0 unspecified atom stereocenters. The number of para-hydroxylation sites is 1. The van der Waals surface area contributed by atoms with Crippen LogP contribution in [0.4, 0.5) is 0 Å². The molecule has 124 valence electrons. The average Bonchev–Trinajstić information content (AvgIpc) is 2.64. The first-order valence-electron chi connectivity index (χ1n) is 8.40. The van der Waals surface area contributed by atoms with Gasteiger partial charge in [0.1, 0.15) is 12.4 Å². The van der Waals surface area contributed by atoms with Gasteiger partial charge in [0, 0.05) is 19.1 Å². The van der Waals surface area contributed by atoms with Crippen LogP contribution in [-0.2, 0) is 17.8 Å². The normalized spacial score (nSPS) is 10.9. The Bertz CT molecular complexity index is 785. The molecular weight excluding hydrogens is 298 g/mol. The van der Waals surface area contributed by atoms with Crippen LogP contribution in [-0.4, -0.2) is 18.7 Å². The van der Waals surface area contributed by atoms with Crippen molar-refractivity contribution in [3.8, 4) is 5.75 Å². The SMILES string of the molecule is COCCCCc1cccc(OCc2ccc3ccccc3n2)c1. The lowest BCUT2D eigenvalue weighted by molar-refractivity contribution is 0.193. The second kappa shape index (κ2) is 8.46. The summed E-state index contributed by atoms with van der Waals surface area (Å²) in [6, 6.07) is 20.6. The Kier molecular flexibility index (Phi) is 5.80. The summed E-state index contributed by atoms with van der Waals surface area (Å²) in [6.45, 7) is 1.31. The molecule has 24 heavy (non-hydrogen) atoms. The lowest BCUT2D eigenvalue weighted by Crippen LogP contribution is -1.99. The highest BCUT2D eigenvalue weighted by Gasteiger charge is 2.01. The van der Waals surface area contributed by atoms with Crippen molar-refractivity contribution in [2.24, 2.45) is 0 Å². The molecule has 3 heteroatoms. The number of ether oxygens (including phenoxy) is 2. The van der Waals surface area contributed by atoms with Crippen molar-refractivity contribution in [3.63, 3.8) is 0 Å². The van der Waals surface area contributed by atoms with Crippen LogP contribution in [0.3, 0.4) is 0 Å². The zero-order valence-electron chi connectivity index (χ0n) is 14.1. The maximum atomic E-state index is 5.92. The second-order valence-electron chi connectivity index (χ2n) is 5.88. The Morgan fingerprint density at radius 2 is 1.83 bits per heavy atom. The molecular formula is C21H23NO2. The molecule has 0 saturated heterocycles. The summed E-state index contributed by atoms with van der Waals surface area (Å²) in [7, 11) is 1.75. The quantitative estimate of drug-likeness (QED) is 0.559. The average molecular weight is 321 g/mol. The van der Waals surface area contributed by atoms with E-state index in [-0.39, 0.29) is 0 Å². The maximum absolute atomic E-state index is 5.92. The number of fused-ring (bicyclic) bond motifs is 1. The van der Waals surface area contributed by atoms with Crippen LogP contribution in [0.1, 0.15) is 24.1 Å².